The highest BCUT2D eigenvalue weighted by Gasteiger charge is 2.24. The van der Waals surface area contributed by atoms with Gasteiger partial charge in [0.15, 0.2) is 0 Å². The molecule has 0 bridgehead atoms. The minimum absolute atomic E-state index is 0.156. The highest BCUT2D eigenvalue weighted by molar-refractivity contribution is 6.30. The quantitative estimate of drug-likeness (QED) is 0.342. The first kappa shape index (κ1) is 24.9. The van der Waals surface area contributed by atoms with Gasteiger partial charge < -0.3 is 10.5 Å². The zero-order valence-electron chi connectivity index (χ0n) is 20.9. The fourth-order valence-electron chi connectivity index (χ4n) is 5.64. The fourth-order valence-corrected chi connectivity index (χ4v) is 5.87. The van der Waals surface area contributed by atoms with E-state index < -0.39 is 0 Å². The van der Waals surface area contributed by atoms with Crippen molar-refractivity contribution in [1.82, 2.24) is 4.90 Å². The number of allylic oxidation sites excluding steroid dienone is 1. The molecule has 2 N–H and O–H groups in total. The van der Waals surface area contributed by atoms with E-state index in [4.69, 9.17) is 22.1 Å². The molecule has 0 saturated carbocycles. The molecule has 0 spiro atoms. The van der Waals surface area contributed by atoms with Crippen LogP contribution in [0.25, 0.3) is 11.1 Å². The topological polar surface area (TPSA) is 38.5 Å². The first-order valence-corrected chi connectivity index (χ1v) is 13.3. The molecule has 3 aromatic rings. The van der Waals surface area contributed by atoms with Crippen LogP contribution in [0.2, 0.25) is 5.02 Å². The van der Waals surface area contributed by atoms with Gasteiger partial charge in [0.2, 0.25) is 0 Å². The molecule has 1 heterocycles. The maximum Gasteiger partial charge on any atom is 0.119 e. The third kappa shape index (κ3) is 5.45. The Kier molecular flexibility index (Phi) is 7.64. The maximum absolute atomic E-state index is 12.5. The Balaban J connectivity index is 1.49. The molecule has 0 aromatic heterocycles. The van der Waals surface area contributed by atoms with Gasteiger partial charge >= 0.3 is 0 Å². The number of ether oxygens (including phenoxy) is 1. The number of alkyl halides is 1. The van der Waals surface area contributed by atoms with Crippen LogP contribution in [0, 0.1) is 6.92 Å². The summed E-state index contributed by atoms with van der Waals surface area (Å²) in [5.74, 6) is 0.882. The number of likely N-dealkylation sites (tertiary alicyclic amines) is 1. The van der Waals surface area contributed by atoms with E-state index in [-0.39, 0.29) is 12.8 Å². The highest BCUT2D eigenvalue weighted by atomic mass is 35.5. The van der Waals surface area contributed by atoms with Gasteiger partial charge in [-0.3, -0.25) is 9.29 Å². The van der Waals surface area contributed by atoms with Gasteiger partial charge in [-0.05, 0) is 114 Å². The number of anilines is 1. The largest absolute Gasteiger partial charge is 0.489 e. The van der Waals surface area contributed by atoms with E-state index in [0.29, 0.717) is 6.42 Å². The number of hydrogen-bond donors (Lipinski definition) is 1. The summed E-state index contributed by atoms with van der Waals surface area (Å²) in [5, 5.41) is 0.761. The van der Waals surface area contributed by atoms with Crippen molar-refractivity contribution in [2.45, 2.75) is 45.1 Å². The summed E-state index contributed by atoms with van der Waals surface area (Å²) in [6, 6.07) is 21.0. The molecular weight excluding hydrogens is 471 g/mol. The molecule has 5 heteroatoms. The molecule has 5 rings (SSSR count). The molecule has 1 saturated heterocycles. The Bertz CT molecular complexity index is 1250. The standard InChI is InChI=1S/C31H34ClFN2O/c1-21-18-24(32)8-12-28(21)30-5-2-4-23-19-25(34)9-13-29(23)31(30)22-6-10-26(11-7-22)36-27-14-17-35(20-27)16-3-15-33/h6-13,18-19,27H,2-5,14-17,20,34H2,1H3/t27-/m0/s1. The zero-order valence-corrected chi connectivity index (χ0v) is 21.7. The monoisotopic (exact) mass is 504 g/mol. The van der Waals surface area contributed by atoms with Crippen molar-refractivity contribution in [2.75, 3.05) is 32.0 Å². The second-order valence-electron chi connectivity index (χ2n) is 9.98. The van der Waals surface area contributed by atoms with Crippen molar-refractivity contribution in [3.63, 3.8) is 0 Å². The Morgan fingerprint density at radius 1 is 1.03 bits per heavy atom. The number of hydrogen-bond acceptors (Lipinski definition) is 3. The first-order valence-electron chi connectivity index (χ1n) is 13.0. The lowest BCUT2D eigenvalue weighted by Gasteiger charge is -2.19. The lowest BCUT2D eigenvalue weighted by Crippen LogP contribution is -2.26. The van der Waals surface area contributed by atoms with Crippen LogP contribution in [0.1, 0.15) is 53.5 Å². The predicted molar refractivity (Wildman–Crippen MR) is 148 cm³/mol. The van der Waals surface area contributed by atoms with E-state index in [2.05, 4.69) is 54.3 Å². The number of aryl methyl sites for hydroxylation is 2. The van der Waals surface area contributed by atoms with Gasteiger partial charge in [-0.15, -0.1) is 0 Å². The summed E-state index contributed by atoms with van der Waals surface area (Å²) in [6.07, 6.45) is 4.79. The van der Waals surface area contributed by atoms with E-state index in [1.165, 1.54) is 39.0 Å². The second-order valence-corrected chi connectivity index (χ2v) is 10.4. The van der Waals surface area contributed by atoms with Gasteiger partial charge in [0, 0.05) is 30.3 Å². The number of benzene rings is 3. The zero-order chi connectivity index (χ0) is 25.1. The lowest BCUT2D eigenvalue weighted by molar-refractivity contribution is 0.198. The first-order chi connectivity index (χ1) is 17.5. The number of rotatable bonds is 7. The van der Waals surface area contributed by atoms with Gasteiger partial charge in [-0.1, -0.05) is 35.9 Å². The molecule has 1 aliphatic heterocycles. The van der Waals surface area contributed by atoms with Crippen molar-refractivity contribution in [3.8, 4) is 5.75 Å². The Hall–Kier alpha value is -2.82. The van der Waals surface area contributed by atoms with Crippen LogP contribution in [-0.2, 0) is 6.42 Å². The molecule has 0 unspecified atom stereocenters. The normalized spacial score (nSPS) is 18.2. The molecule has 3 nitrogen and oxygen atoms in total. The number of nitrogens with two attached hydrogens (primary N) is 1. The third-order valence-corrected chi connectivity index (χ3v) is 7.60. The molecule has 36 heavy (non-hydrogen) atoms. The van der Waals surface area contributed by atoms with E-state index in [1.54, 1.807) is 0 Å². The summed E-state index contributed by atoms with van der Waals surface area (Å²) in [7, 11) is 0. The summed E-state index contributed by atoms with van der Waals surface area (Å²) in [6.45, 7) is 4.52. The molecular formula is C31H34ClFN2O. The molecule has 0 radical (unpaired) electrons. The molecule has 3 aromatic carbocycles. The minimum Gasteiger partial charge on any atom is -0.489 e. The lowest BCUT2D eigenvalue weighted by atomic mass is 9.86. The average molecular weight is 505 g/mol. The summed E-state index contributed by atoms with van der Waals surface area (Å²) < 4.78 is 18.8. The number of nitrogen functional groups attached to an aromatic ring is 1. The van der Waals surface area contributed by atoms with Crippen molar-refractivity contribution in [2.24, 2.45) is 0 Å². The number of halogens is 2. The Labute approximate surface area is 218 Å². The van der Waals surface area contributed by atoms with Crippen LogP contribution in [0.15, 0.2) is 60.7 Å². The van der Waals surface area contributed by atoms with Crippen molar-refractivity contribution < 1.29 is 9.13 Å². The van der Waals surface area contributed by atoms with Crippen LogP contribution in [0.4, 0.5) is 10.1 Å². The highest BCUT2D eigenvalue weighted by Crippen LogP contribution is 2.42. The van der Waals surface area contributed by atoms with Gasteiger partial charge in [0.05, 0.1) is 6.67 Å². The average Bonchev–Trinajstić information content (AvgIpc) is 3.22. The second kappa shape index (κ2) is 11.1. The molecule has 0 amide bonds. The third-order valence-electron chi connectivity index (χ3n) is 7.37. The SMILES string of the molecule is Cc1cc(Cl)ccc1C1=C(c2ccc(O[C@H]3CCN(CCCF)C3)cc2)c2ccc(N)cc2CCC1. The molecule has 1 aliphatic carbocycles. The van der Waals surface area contributed by atoms with E-state index >= 15 is 0 Å². The van der Waals surface area contributed by atoms with Gasteiger partial charge in [0.1, 0.15) is 11.9 Å². The summed E-state index contributed by atoms with van der Waals surface area (Å²) >= 11 is 6.30. The molecule has 2 aliphatic rings. The van der Waals surface area contributed by atoms with Crippen molar-refractivity contribution in [1.29, 1.82) is 0 Å². The van der Waals surface area contributed by atoms with Crippen LogP contribution < -0.4 is 10.5 Å². The maximum atomic E-state index is 12.5. The Morgan fingerprint density at radius 3 is 2.61 bits per heavy atom. The predicted octanol–water partition coefficient (Wildman–Crippen LogP) is 7.34. The molecule has 1 atom stereocenters. The fraction of sp³-hybridized carbons (Fsp3) is 0.355. The van der Waals surface area contributed by atoms with Crippen LogP contribution in [-0.4, -0.2) is 37.3 Å². The summed E-state index contributed by atoms with van der Waals surface area (Å²) in [5.41, 5.74) is 15.7. The molecule has 188 valence electrons. The van der Waals surface area contributed by atoms with Crippen LogP contribution in [0.5, 0.6) is 5.75 Å². The Morgan fingerprint density at radius 2 is 1.83 bits per heavy atom. The van der Waals surface area contributed by atoms with Crippen molar-refractivity contribution >= 4 is 28.4 Å². The number of nitrogens with zero attached hydrogens (tertiary/aromatic N) is 1. The summed E-state index contributed by atoms with van der Waals surface area (Å²) in [4.78, 5) is 2.29. The van der Waals surface area contributed by atoms with Gasteiger partial charge in [0.25, 0.3) is 0 Å². The van der Waals surface area contributed by atoms with Crippen molar-refractivity contribution in [3.05, 3.63) is 93.5 Å². The smallest absolute Gasteiger partial charge is 0.119 e. The van der Waals surface area contributed by atoms with Gasteiger partial charge in [-0.2, -0.15) is 0 Å². The van der Waals surface area contributed by atoms with Gasteiger partial charge in [-0.25, -0.2) is 0 Å². The number of fused-ring (bicyclic) bond motifs is 1. The minimum atomic E-state index is -0.257. The van der Waals surface area contributed by atoms with E-state index in [0.717, 1.165) is 61.8 Å². The molecule has 1 fully saturated rings. The van der Waals surface area contributed by atoms with E-state index in [9.17, 15) is 4.39 Å². The van der Waals surface area contributed by atoms with E-state index in [1.807, 2.05) is 18.2 Å². The van der Waals surface area contributed by atoms with Crippen LogP contribution >= 0.6 is 11.6 Å². The van der Waals surface area contributed by atoms with Crippen LogP contribution in [0.3, 0.4) is 0 Å².